The van der Waals surface area contributed by atoms with Crippen LogP contribution in [0.15, 0.2) is 5.38 Å². The summed E-state index contributed by atoms with van der Waals surface area (Å²) in [4.78, 5) is 4.39. The number of ether oxygens (including phenoxy) is 1. The summed E-state index contributed by atoms with van der Waals surface area (Å²) in [6, 6.07) is -0.249. The lowest BCUT2D eigenvalue weighted by molar-refractivity contribution is 0.216. The molecule has 0 fully saturated rings. The summed E-state index contributed by atoms with van der Waals surface area (Å²) in [7, 11) is -1.84. The highest BCUT2D eigenvalue weighted by molar-refractivity contribution is 7.89. The molecule has 0 aliphatic heterocycles. The first kappa shape index (κ1) is 16.6. The highest BCUT2D eigenvalue weighted by atomic mass is 32.2. The van der Waals surface area contributed by atoms with Gasteiger partial charge in [0.2, 0.25) is 10.0 Å². The number of thiazole rings is 1. The maximum absolute atomic E-state index is 11.9. The van der Waals surface area contributed by atoms with Crippen molar-refractivity contribution in [1.29, 1.82) is 0 Å². The molecule has 0 aliphatic carbocycles. The minimum absolute atomic E-state index is 0.0253. The van der Waals surface area contributed by atoms with Crippen LogP contribution in [0.5, 0.6) is 0 Å². The summed E-state index contributed by atoms with van der Waals surface area (Å²) in [5, 5.41) is 2.76. The van der Waals surface area contributed by atoms with E-state index < -0.39 is 10.0 Å². The van der Waals surface area contributed by atoms with E-state index in [2.05, 4.69) is 23.6 Å². The first-order chi connectivity index (χ1) is 8.84. The largest absolute Gasteiger partial charge is 0.384 e. The molecule has 19 heavy (non-hydrogen) atoms. The van der Waals surface area contributed by atoms with Gasteiger partial charge in [-0.2, -0.15) is 0 Å². The van der Waals surface area contributed by atoms with Crippen LogP contribution in [0.1, 0.15) is 37.0 Å². The van der Waals surface area contributed by atoms with Crippen LogP contribution in [-0.4, -0.2) is 32.9 Å². The van der Waals surface area contributed by atoms with Gasteiger partial charge in [0.15, 0.2) is 0 Å². The minimum atomic E-state index is -3.34. The zero-order valence-electron chi connectivity index (χ0n) is 11.8. The molecule has 0 aliphatic rings. The van der Waals surface area contributed by atoms with Gasteiger partial charge < -0.3 is 4.74 Å². The van der Waals surface area contributed by atoms with Gasteiger partial charge in [0.05, 0.1) is 18.4 Å². The fraction of sp³-hybridized carbons (Fsp3) is 0.750. The van der Waals surface area contributed by atoms with Crippen LogP contribution < -0.4 is 4.72 Å². The van der Waals surface area contributed by atoms with Crippen molar-refractivity contribution in [3.8, 4) is 0 Å². The Kier molecular flexibility index (Phi) is 6.38. The molecule has 0 bridgehead atoms. The normalized spacial score (nSPS) is 13.9. The molecule has 0 saturated heterocycles. The maximum Gasteiger partial charge on any atom is 0.214 e. The van der Waals surface area contributed by atoms with Gasteiger partial charge in [-0.1, -0.05) is 13.8 Å². The number of methoxy groups -OCH3 is 1. The van der Waals surface area contributed by atoms with E-state index in [0.717, 1.165) is 17.1 Å². The van der Waals surface area contributed by atoms with Crippen molar-refractivity contribution in [2.45, 2.75) is 33.2 Å². The van der Waals surface area contributed by atoms with Crippen molar-refractivity contribution in [3.63, 3.8) is 0 Å². The van der Waals surface area contributed by atoms with Gasteiger partial charge in [-0.25, -0.2) is 18.1 Å². The van der Waals surface area contributed by atoms with Gasteiger partial charge in [-0.05, 0) is 19.3 Å². The Hall–Kier alpha value is -0.500. The van der Waals surface area contributed by atoms with E-state index in [1.54, 1.807) is 0 Å². The van der Waals surface area contributed by atoms with Gasteiger partial charge in [0, 0.05) is 18.2 Å². The second-order valence-corrected chi connectivity index (χ2v) is 7.70. The number of nitrogens with one attached hydrogen (secondary N) is 1. The van der Waals surface area contributed by atoms with Gasteiger partial charge in [0.25, 0.3) is 0 Å². The molecule has 7 heteroatoms. The molecule has 0 spiro atoms. The lowest BCUT2D eigenvalue weighted by Gasteiger charge is -2.18. The quantitative estimate of drug-likeness (QED) is 0.798. The first-order valence-electron chi connectivity index (χ1n) is 6.25. The standard InChI is InChI=1S/C12H22N2O3S2/c1-9(2)7-11(12-13-10(3)8-18-12)14-19(15,16)6-5-17-4/h8-9,11,14H,5-7H2,1-4H3. The topological polar surface area (TPSA) is 68.3 Å². The number of rotatable bonds is 8. The predicted octanol–water partition coefficient (Wildman–Crippen LogP) is 2.10. The average molecular weight is 306 g/mol. The zero-order chi connectivity index (χ0) is 14.5. The number of nitrogens with zero attached hydrogens (tertiary/aromatic N) is 1. The molecule has 0 saturated carbocycles. The third kappa shape index (κ3) is 5.99. The Morgan fingerprint density at radius 3 is 2.63 bits per heavy atom. The molecule has 5 nitrogen and oxygen atoms in total. The van der Waals surface area contributed by atoms with Crippen LogP contribution in [0.25, 0.3) is 0 Å². The van der Waals surface area contributed by atoms with Crippen LogP contribution in [-0.2, 0) is 14.8 Å². The van der Waals surface area contributed by atoms with Gasteiger partial charge in [-0.3, -0.25) is 0 Å². The average Bonchev–Trinajstić information content (AvgIpc) is 2.71. The fourth-order valence-corrected chi connectivity index (χ4v) is 3.75. The molecule has 0 amide bonds. The fourth-order valence-electron chi connectivity index (χ4n) is 1.67. The van der Waals surface area contributed by atoms with Crippen LogP contribution in [0.4, 0.5) is 0 Å². The number of aryl methyl sites for hydroxylation is 1. The van der Waals surface area contributed by atoms with Crippen molar-refractivity contribution in [2.24, 2.45) is 5.92 Å². The molecule has 0 radical (unpaired) electrons. The molecular weight excluding hydrogens is 284 g/mol. The van der Waals surface area contributed by atoms with E-state index in [1.807, 2.05) is 12.3 Å². The van der Waals surface area contributed by atoms with Crippen molar-refractivity contribution >= 4 is 21.4 Å². The van der Waals surface area contributed by atoms with E-state index in [-0.39, 0.29) is 18.4 Å². The summed E-state index contributed by atoms with van der Waals surface area (Å²) in [5.41, 5.74) is 0.921. The second kappa shape index (κ2) is 7.33. The highest BCUT2D eigenvalue weighted by Crippen LogP contribution is 2.25. The molecule has 1 N–H and O–H groups in total. The van der Waals surface area contributed by atoms with Crippen LogP contribution in [0.2, 0.25) is 0 Å². The monoisotopic (exact) mass is 306 g/mol. The number of aromatic nitrogens is 1. The van der Waals surface area contributed by atoms with Crippen molar-refractivity contribution < 1.29 is 13.2 Å². The summed E-state index contributed by atoms with van der Waals surface area (Å²) < 4.78 is 31.4. The highest BCUT2D eigenvalue weighted by Gasteiger charge is 2.22. The van der Waals surface area contributed by atoms with E-state index in [1.165, 1.54) is 18.4 Å². The number of hydrogen-bond acceptors (Lipinski definition) is 5. The molecular formula is C12H22N2O3S2. The van der Waals surface area contributed by atoms with Crippen molar-refractivity contribution in [3.05, 3.63) is 16.1 Å². The third-order valence-electron chi connectivity index (χ3n) is 2.52. The van der Waals surface area contributed by atoms with E-state index >= 15 is 0 Å². The molecule has 110 valence electrons. The molecule has 1 rings (SSSR count). The van der Waals surface area contributed by atoms with E-state index in [4.69, 9.17) is 4.74 Å². The smallest absolute Gasteiger partial charge is 0.214 e. The SMILES string of the molecule is COCCS(=O)(=O)NC(CC(C)C)c1nc(C)cs1. The number of sulfonamides is 1. The maximum atomic E-state index is 11.9. The zero-order valence-corrected chi connectivity index (χ0v) is 13.5. The molecule has 1 unspecified atom stereocenters. The summed E-state index contributed by atoms with van der Waals surface area (Å²) in [6.45, 7) is 6.24. The van der Waals surface area contributed by atoms with Crippen molar-refractivity contribution in [1.82, 2.24) is 9.71 Å². The van der Waals surface area contributed by atoms with Crippen LogP contribution in [0, 0.1) is 12.8 Å². The summed E-state index contributed by atoms with van der Waals surface area (Å²) >= 11 is 1.49. The molecule has 1 aromatic heterocycles. The second-order valence-electron chi connectivity index (χ2n) is 4.94. The molecule has 1 atom stereocenters. The molecule has 1 heterocycles. The Balaban J connectivity index is 2.81. The number of hydrogen-bond donors (Lipinski definition) is 1. The summed E-state index contributed by atoms with van der Waals surface area (Å²) in [6.07, 6.45) is 0.735. The minimum Gasteiger partial charge on any atom is -0.384 e. The van der Waals surface area contributed by atoms with E-state index in [0.29, 0.717) is 5.92 Å². The summed E-state index contributed by atoms with van der Waals surface area (Å²) in [5.74, 6) is 0.363. The van der Waals surface area contributed by atoms with Gasteiger partial charge in [-0.15, -0.1) is 11.3 Å². The lowest BCUT2D eigenvalue weighted by Crippen LogP contribution is -2.32. The third-order valence-corrected chi connectivity index (χ3v) is 4.94. The predicted molar refractivity (Wildman–Crippen MR) is 77.8 cm³/mol. The van der Waals surface area contributed by atoms with Crippen LogP contribution >= 0.6 is 11.3 Å². The first-order valence-corrected chi connectivity index (χ1v) is 8.78. The molecule has 0 aromatic carbocycles. The van der Waals surface area contributed by atoms with Gasteiger partial charge >= 0.3 is 0 Å². The lowest BCUT2D eigenvalue weighted by atomic mass is 10.1. The Morgan fingerprint density at radius 2 is 2.16 bits per heavy atom. The van der Waals surface area contributed by atoms with E-state index in [9.17, 15) is 8.42 Å². The Morgan fingerprint density at radius 1 is 1.47 bits per heavy atom. The molecule has 1 aromatic rings. The van der Waals surface area contributed by atoms with Crippen LogP contribution in [0.3, 0.4) is 0 Å². The van der Waals surface area contributed by atoms with Crippen molar-refractivity contribution in [2.75, 3.05) is 19.5 Å². The van der Waals surface area contributed by atoms with Gasteiger partial charge in [0.1, 0.15) is 5.01 Å². The Bertz CT molecular complexity index is 483. The Labute approximate surface area is 119 Å².